The quantitative estimate of drug-likeness (QED) is 0.806. The average molecular weight is 367 g/mol. The Balaban J connectivity index is 1.46. The van der Waals surface area contributed by atoms with Crippen LogP contribution >= 0.6 is 0 Å². The number of ether oxygens (including phenoxy) is 2. The maximum absolute atomic E-state index is 11.9. The molecule has 0 saturated heterocycles. The van der Waals surface area contributed by atoms with E-state index in [9.17, 15) is 4.79 Å². The number of nitrogens with zero attached hydrogens (tertiary/aromatic N) is 3. The Bertz CT molecular complexity index is 942. The highest BCUT2D eigenvalue weighted by Crippen LogP contribution is 2.37. The molecule has 140 valence electrons. The van der Waals surface area contributed by atoms with Crippen LogP contribution in [0.3, 0.4) is 0 Å². The topological polar surface area (TPSA) is 91.8 Å². The first-order valence-corrected chi connectivity index (χ1v) is 9.39. The van der Waals surface area contributed by atoms with Gasteiger partial charge in [-0.3, -0.25) is 10.1 Å². The summed E-state index contributed by atoms with van der Waals surface area (Å²) in [5.74, 6) is 4.41. The number of hydrogen-bond acceptors (Lipinski definition) is 6. The number of rotatable bonds is 1. The first kappa shape index (κ1) is 16.2. The van der Waals surface area contributed by atoms with Crippen LogP contribution in [0, 0.1) is 5.92 Å². The Morgan fingerprint density at radius 2 is 2.19 bits per heavy atom. The lowest BCUT2D eigenvalue weighted by Gasteiger charge is -2.26. The monoisotopic (exact) mass is 367 g/mol. The number of alkyl carbamates (subject to hydrolysis) is 1. The molecule has 27 heavy (non-hydrogen) atoms. The molecule has 3 aliphatic rings. The molecule has 1 fully saturated rings. The van der Waals surface area contributed by atoms with Crippen molar-refractivity contribution in [3.8, 4) is 5.75 Å². The molecule has 0 spiro atoms. The van der Waals surface area contributed by atoms with Crippen LogP contribution in [-0.4, -0.2) is 59.5 Å². The molecular weight excluding hydrogens is 346 g/mol. The number of hydrogen-bond donors (Lipinski definition) is 2. The van der Waals surface area contributed by atoms with Gasteiger partial charge >= 0.3 is 6.09 Å². The van der Waals surface area contributed by atoms with E-state index in [1.54, 1.807) is 0 Å². The van der Waals surface area contributed by atoms with Crippen molar-refractivity contribution in [3.63, 3.8) is 0 Å². The molecule has 8 nitrogen and oxygen atoms in total. The van der Waals surface area contributed by atoms with Gasteiger partial charge in [0.25, 0.3) is 0 Å². The van der Waals surface area contributed by atoms with Gasteiger partial charge in [-0.25, -0.2) is 4.79 Å². The van der Waals surface area contributed by atoms with E-state index in [1.807, 2.05) is 23.2 Å². The molecule has 5 rings (SSSR count). The number of fused-ring (bicyclic) bond motifs is 4. The minimum Gasteiger partial charge on any atom is -0.494 e. The lowest BCUT2D eigenvalue weighted by atomic mass is 10.1. The fourth-order valence-corrected chi connectivity index (χ4v) is 3.60. The SMILES string of the molecule is O=C1NCCCOc2ccc3[nH]nc(c3c2)C2=C=NN(C2)C(C2CC2)CO1. The second kappa shape index (κ2) is 6.63. The van der Waals surface area contributed by atoms with Crippen molar-refractivity contribution >= 4 is 28.4 Å². The van der Waals surface area contributed by atoms with Gasteiger partial charge in [-0.1, -0.05) is 0 Å². The number of H-pyrrole nitrogens is 1. The van der Waals surface area contributed by atoms with Gasteiger partial charge in [0.15, 0.2) is 0 Å². The largest absolute Gasteiger partial charge is 0.494 e. The van der Waals surface area contributed by atoms with E-state index in [0.717, 1.165) is 40.8 Å². The number of aromatic nitrogens is 2. The summed E-state index contributed by atoms with van der Waals surface area (Å²) >= 11 is 0. The number of benzene rings is 1. The highest BCUT2D eigenvalue weighted by atomic mass is 16.5. The van der Waals surface area contributed by atoms with Gasteiger partial charge in [-0.15, -0.1) is 5.10 Å². The van der Waals surface area contributed by atoms with E-state index in [2.05, 4.69) is 26.5 Å². The van der Waals surface area contributed by atoms with Crippen LogP contribution in [-0.2, 0) is 4.74 Å². The molecule has 2 aromatic rings. The van der Waals surface area contributed by atoms with E-state index in [-0.39, 0.29) is 12.1 Å². The van der Waals surface area contributed by atoms with Crippen molar-refractivity contribution in [1.82, 2.24) is 20.5 Å². The number of hydrazone groups is 1. The molecule has 1 unspecified atom stereocenters. The summed E-state index contributed by atoms with van der Waals surface area (Å²) in [6.45, 7) is 1.97. The summed E-state index contributed by atoms with van der Waals surface area (Å²) in [6.07, 6.45) is 2.60. The van der Waals surface area contributed by atoms with Crippen molar-refractivity contribution in [2.45, 2.75) is 25.3 Å². The molecule has 1 amide bonds. The molecule has 1 aromatic carbocycles. The van der Waals surface area contributed by atoms with E-state index in [1.165, 1.54) is 0 Å². The molecule has 0 radical (unpaired) electrons. The maximum Gasteiger partial charge on any atom is 0.407 e. The highest BCUT2D eigenvalue weighted by Gasteiger charge is 2.38. The molecule has 1 saturated carbocycles. The van der Waals surface area contributed by atoms with Crippen LogP contribution in [0.1, 0.15) is 25.0 Å². The zero-order valence-corrected chi connectivity index (χ0v) is 14.9. The van der Waals surface area contributed by atoms with E-state index in [4.69, 9.17) is 9.47 Å². The summed E-state index contributed by atoms with van der Waals surface area (Å²) in [7, 11) is 0. The highest BCUT2D eigenvalue weighted by molar-refractivity contribution is 6.00. The molecule has 2 N–H and O–H groups in total. The number of nitrogens with one attached hydrogen (secondary N) is 2. The van der Waals surface area contributed by atoms with E-state index in [0.29, 0.717) is 38.6 Å². The zero-order chi connectivity index (χ0) is 18.2. The number of carbonyl (C=O) groups excluding carboxylic acids is 1. The predicted octanol–water partition coefficient (Wildman–Crippen LogP) is 2.13. The van der Waals surface area contributed by atoms with Crippen molar-refractivity contribution in [1.29, 1.82) is 0 Å². The Labute approximate surface area is 156 Å². The molecule has 1 aromatic heterocycles. The molecule has 1 aliphatic carbocycles. The summed E-state index contributed by atoms with van der Waals surface area (Å²) in [5.41, 5.74) is 2.74. The Morgan fingerprint density at radius 1 is 1.26 bits per heavy atom. The Morgan fingerprint density at radius 3 is 3.07 bits per heavy atom. The number of carbonyl (C=O) groups is 1. The fourth-order valence-electron chi connectivity index (χ4n) is 3.60. The summed E-state index contributed by atoms with van der Waals surface area (Å²) < 4.78 is 11.3. The van der Waals surface area contributed by atoms with Crippen LogP contribution in [0.5, 0.6) is 5.75 Å². The van der Waals surface area contributed by atoms with Gasteiger partial charge in [0.2, 0.25) is 0 Å². The maximum atomic E-state index is 11.9. The number of cyclic esters (lactones) is 1. The van der Waals surface area contributed by atoms with Gasteiger partial charge in [0.1, 0.15) is 18.1 Å². The van der Waals surface area contributed by atoms with Gasteiger partial charge in [-0.2, -0.15) is 5.10 Å². The van der Waals surface area contributed by atoms with Crippen LogP contribution in [0.25, 0.3) is 16.5 Å². The normalized spacial score (nSPS) is 23.1. The molecule has 3 heterocycles. The Kier molecular flexibility index (Phi) is 3.98. The minimum atomic E-state index is -0.389. The van der Waals surface area contributed by atoms with Gasteiger partial charge < -0.3 is 14.8 Å². The van der Waals surface area contributed by atoms with Crippen LogP contribution in [0.2, 0.25) is 0 Å². The smallest absolute Gasteiger partial charge is 0.407 e. The third kappa shape index (κ3) is 3.24. The van der Waals surface area contributed by atoms with E-state index < -0.39 is 0 Å². The first-order valence-electron chi connectivity index (χ1n) is 9.39. The third-order valence-corrected chi connectivity index (χ3v) is 5.25. The van der Waals surface area contributed by atoms with Crippen molar-refractivity contribution in [2.75, 3.05) is 26.3 Å². The second-order valence-corrected chi connectivity index (χ2v) is 7.20. The standard InChI is InChI=1S/C19H21N5O3/c25-19-20-6-1-7-26-14-4-5-16-15(8-14)18(23-22-16)13-9-21-24(10-13)17(11-27-19)12-2-3-12/h4-5,8,12,17H,1-3,6-7,10-11H2,(H,20,25)(H,22,23). The van der Waals surface area contributed by atoms with Crippen molar-refractivity contribution in [3.05, 3.63) is 23.9 Å². The van der Waals surface area contributed by atoms with Gasteiger partial charge in [0.05, 0.1) is 30.3 Å². The Hall–Kier alpha value is -2.99. The zero-order valence-electron chi connectivity index (χ0n) is 14.9. The number of aromatic amines is 1. The van der Waals surface area contributed by atoms with Crippen molar-refractivity contribution < 1.29 is 14.3 Å². The summed E-state index contributed by atoms with van der Waals surface area (Å²) in [4.78, 5) is 11.9. The third-order valence-electron chi connectivity index (χ3n) is 5.25. The van der Waals surface area contributed by atoms with Crippen LogP contribution < -0.4 is 10.1 Å². The molecule has 1 atom stereocenters. The minimum absolute atomic E-state index is 0.0813. The van der Waals surface area contributed by atoms with Crippen molar-refractivity contribution in [2.24, 2.45) is 11.0 Å². The molecule has 4 bridgehead atoms. The lowest BCUT2D eigenvalue weighted by Crippen LogP contribution is -2.38. The second-order valence-electron chi connectivity index (χ2n) is 7.20. The number of amides is 1. The summed E-state index contributed by atoms with van der Waals surface area (Å²) in [5, 5.41) is 17.8. The van der Waals surface area contributed by atoms with E-state index >= 15 is 0 Å². The first-order chi connectivity index (χ1) is 13.3. The molecule has 8 heteroatoms. The van der Waals surface area contributed by atoms with Crippen LogP contribution in [0.15, 0.2) is 23.3 Å². The fraction of sp³-hybridized carbons (Fsp3) is 0.474. The molecule has 2 aliphatic heterocycles. The summed E-state index contributed by atoms with van der Waals surface area (Å²) in [6, 6.07) is 5.97. The molecular formula is C19H21N5O3. The van der Waals surface area contributed by atoms with Gasteiger partial charge in [-0.05, 0) is 43.4 Å². The van der Waals surface area contributed by atoms with Gasteiger partial charge in [0, 0.05) is 17.8 Å². The lowest BCUT2D eigenvalue weighted by molar-refractivity contribution is 0.0895. The predicted molar refractivity (Wildman–Crippen MR) is 99.6 cm³/mol. The van der Waals surface area contributed by atoms with Crippen LogP contribution in [0.4, 0.5) is 4.79 Å². The average Bonchev–Trinajstić information content (AvgIpc) is 3.24.